The Labute approximate surface area is 221 Å². The average Bonchev–Trinajstić information content (AvgIpc) is 3.46. The maximum atomic E-state index is 13.5. The molecule has 0 aromatic carbocycles. The van der Waals surface area contributed by atoms with Crippen molar-refractivity contribution in [1.82, 2.24) is 19.4 Å². The van der Waals surface area contributed by atoms with Crippen LogP contribution >= 0.6 is 22.9 Å². The van der Waals surface area contributed by atoms with E-state index >= 15 is 0 Å². The number of sulfonamides is 1. The summed E-state index contributed by atoms with van der Waals surface area (Å²) in [5, 5.41) is 1.12. The second kappa shape index (κ2) is 12.3. The van der Waals surface area contributed by atoms with Crippen molar-refractivity contribution >= 4 is 50.3 Å². The van der Waals surface area contributed by atoms with Crippen molar-refractivity contribution in [2.75, 3.05) is 65.7 Å². The van der Waals surface area contributed by atoms with Gasteiger partial charge in [-0.15, -0.1) is 11.3 Å². The lowest BCUT2D eigenvalue weighted by atomic mass is 10.1. The number of likely N-dealkylation sites (tertiary alicyclic amines) is 1. The number of ether oxygens (including phenoxy) is 2. The normalized spacial score (nSPS) is 23.3. The average molecular weight is 561 g/mol. The molecule has 1 aromatic heterocycles. The largest absolute Gasteiger partial charge is 0.379 e. The summed E-state index contributed by atoms with van der Waals surface area (Å²) in [6.07, 6.45) is 0.791. The van der Waals surface area contributed by atoms with E-state index in [2.05, 4.69) is 9.62 Å². The summed E-state index contributed by atoms with van der Waals surface area (Å²) < 4.78 is 39.5. The first-order chi connectivity index (χ1) is 17.2. The number of morpholine rings is 2. The minimum atomic E-state index is -3.89. The number of allylic oxidation sites excluding steroid dienone is 1. The van der Waals surface area contributed by atoms with Gasteiger partial charge in [-0.2, -0.15) is 4.72 Å². The van der Waals surface area contributed by atoms with E-state index in [1.807, 2.05) is 0 Å². The zero-order valence-corrected chi connectivity index (χ0v) is 22.7. The molecule has 1 aromatic rings. The van der Waals surface area contributed by atoms with E-state index in [4.69, 9.17) is 21.1 Å². The van der Waals surface area contributed by atoms with Gasteiger partial charge in [0, 0.05) is 44.1 Å². The fraction of sp³-hybridized carbons (Fsp3) is 0.652. The molecule has 3 aliphatic heterocycles. The van der Waals surface area contributed by atoms with Gasteiger partial charge in [-0.1, -0.05) is 11.6 Å². The summed E-state index contributed by atoms with van der Waals surface area (Å²) >= 11 is 7.25. The Morgan fingerprint density at radius 1 is 1.17 bits per heavy atom. The molecule has 4 rings (SSSR count). The predicted molar refractivity (Wildman–Crippen MR) is 138 cm³/mol. The summed E-state index contributed by atoms with van der Waals surface area (Å²) in [7, 11) is -3.89. The van der Waals surface area contributed by atoms with Crippen molar-refractivity contribution in [3.8, 4) is 0 Å². The molecule has 0 spiro atoms. The van der Waals surface area contributed by atoms with E-state index in [1.54, 1.807) is 28.9 Å². The van der Waals surface area contributed by atoms with Crippen LogP contribution in [0, 0.1) is 0 Å². The zero-order valence-electron chi connectivity index (χ0n) is 20.4. The van der Waals surface area contributed by atoms with Crippen LogP contribution in [0.4, 0.5) is 0 Å². The highest BCUT2D eigenvalue weighted by molar-refractivity contribution is 7.92. The van der Waals surface area contributed by atoms with Gasteiger partial charge in [0.25, 0.3) is 0 Å². The fourth-order valence-electron chi connectivity index (χ4n) is 4.71. The summed E-state index contributed by atoms with van der Waals surface area (Å²) in [4.78, 5) is 33.1. The van der Waals surface area contributed by atoms with Crippen LogP contribution in [-0.2, 0) is 29.1 Å². The lowest BCUT2D eigenvalue weighted by Crippen LogP contribution is -2.54. The van der Waals surface area contributed by atoms with E-state index in [-0.39, 0.29) is 11.8 Å². The van der Waals surface area contributed by atoms with Crippen LogP contribution in [-0.4, -0.2) is 113 Å². The predicted octanol–water partition coefficient (Wildman–Crippen LogP) is 1.23. The highest BCUT2D eigenvalue weighted by atomic mass is 35.5. The molecule has 4 heterocycles. The van der Waals surface area contributed by atoms with Crippen LogP contribution in [0.5, 0.6) is 0 Å². The highest BCUT2D eigenvalue weighted by Crippen LogP contribution is 2.28. The van der Waals surface area contributed by atoms with E-state index in [0.29, 0.717) is 75.4 Å². The van der Waals surface area contributed by atoms with Crippen molar-refractivity contribution in [3.05, 3.63) is 26.8 Å². The van der Waals surface area contributed by atoms with Crippen molar-refractivity contribution in [1.29, 1.82) is 0 Å². The van der Waals surface area contributed by atoms with Gasteiger partial charge >= 0.3 is 0 Å². The Balaban J connectivity index is 1.44. The van der Waals surface area contributed by atoms with Crippen LogP contribution in [0.1, 0.15) is 24.6 Å². The van der Waals surface area contributed by atoms with Gasteiger partial charge in [0.1, 0.15) is 12.1 Å². The summed E-state index contributed by atoms with van der Waals surface area (Å²) in [6.45, 7) is 7.47. The Morgan fingerprint density at radius 2 is 1.83 bits per heavy atom. The molecule has 200 valence electrons. The van der Waals surface area contributed by atoms with Gasteiger partial charge in [0.15, 0.2) is 0 Å². The lowest BCUT2D eigenvalue weighted by Gasteiger charge is -2.36. The lowest BCUT2D eigenvalue weighted by molar-refractivity contribution is -0.147. The molecule has 0 unspecified atom stereocenters. The van der Waals surface area contributed by atoms with E-state index < -0.39 is 22.1 Å². The first-order valence-corrected chi connectivity index (χ1v) is 14.9. The number of rotatable bonds is 9. The van der Waals surface area contributed by atoms with Crippen molar-refractivity contribution in [3.63, 3.8) is 0 Å². The maximum absolute atomic E-state index is 13.5. The van der Waals surface area contributed by atoms with Crippen LogP contribution in [0.3, 0.4) is 0 Å². The summed E-state index contributed by atoms with van der Waals surface area (Å²) in [6, 6.07) is 1.92. The second-order valence-corrected chi connectivity index (χ2v) is 12.4. The van der Waals surface area contributed by atoms with E-state index in [0.717, 1.165) is 23.4 Å². The molecule has 0 radical (unpaired) electrons. The molecular weight excluding hydrogens is 528 g/mol. The van der Waals surface area contributed by atoms with E-state index in [9.17, 15) is 18.0 Å². The van der Waals surface area contributed by atoms with Gasteiger partial charge < -0.3 is 19.3 Å². The number of amides is 2. The first kappa shape index (κ1) is 27.5. The molecule has 10 nitrogen and oxygen atoms in total. The number of nitrogens with one attached hydrogen (secondary N) is 1. The molecule has 13 heteroatoms. The third-order valence-electron chi connectivity index (χ3n) is 6.65. The quantitative estimate of drug-likeness (QED) is 0.484. The molecule has 36 heavy (non-hydrogen) atoms. The third kappa shape index (κ3) is 7.06. The summed E-state index contributed by atoms with van der Waals surface area (Å²) in [5.74, 6) is -0.467. The fourth-order valence-corrected chi connectivity index (χ4v) is 7.07. The van der Waals surface area contributed by atoms with Crippen molar-refractivity contribution in [2.45, 2.75) is 31.8 Å². The Kier molecular flexibility index (Phi) is 9.42. The minimum Gasteiger partial charge on any atom is -0.379 e. The number of thiophene rings is 1. The Hall–Kier alpha value is -1.54. The maximum Gasteiger partial charge on any atom is 0.245 e. The molecule has 2 amide bonds. The van der Waals surface area contributed by atoms with Crippen molar-refractivity contribution < 1.29 is 27.5 Å². The third-order valence-corrected chi connectivity index (χ3v) is 9.29. The van der Waals surface area contributed by atoms with Gasteiger partial charge in [0.2, 0.25) is 21.8 Å². The molecule has 2 atom stereocenters. The number of halogens is 1. The van der Waals surface area contributed by atoms with Crippen molar-refractivity contribution in [2.24, 2.45) is 0 Å². The molecular formula is C23H33ClN4O6S2. The van der Waals surface area contributed by atoms with Gasteiger partial charge in [0.05, 0.1) is 36.2 Å². The Bertz CT molecular complexity index is 1070. The Morgan fingerprint density at radius 3 is 2.47 bits per heavy atom. The topological polar surface area (TPSA) is 108 Å². The monoisotopic (exact) mass is 560 g/mol. The SMILES string of the molecule is C/C(=C\S(=O)(=O)N[C@H]1CCN([C@@H](CCN2CCOCC2)C(=O)N2CCOCC2)C1=O)c1ccc(Cl)s1. The molecule has 3 fully saturated rings. The summed E-state index contributed by atoms with van der Waals surface area (Å²) in [5.41, 5.74) is 0.535. The first-order valence-electron chi connectivity index (χ1n) is 12.2. The van der Waals surface area contributed by atoms with Crippen LogP contribution in [0.25, 0.3) is 5.57 Å². The van der Waals surface area contributed by atoms with Gasteiger partial charge in [-0.3, -0.25) is 14.5 Å². The van der Waals surface area contributed by atoms with Crippen LogP contribution in [0.15, 0.2) is 17.5 Å². The van der Waals surface area contributed by atoms with E-state index in [1.165, 1.54) is 11.3 Å². The standard InChI is InChI=1S/C23H33ClN4O6S2/c1-17(20-2-3-21(24)35-20)16-36(31,32)25-18-4-7-28(22(18)29)19(5-6-26-8-12-33-13-9-26)23(30)27-10-14-34-15-11-27/h2-3,16,18-19,25H,4-15H2,1H3/b17-16+/t18-,19-/m0/s1. The van der Waals surface area contributed by atoms with Crippen LogP contribution < -0.4 is 4.72 Å². The molecule has 3 aliphatic rings. The number of carbonyl (C=O) groups excluding carboxylic acids is 2. The zero-order chi connectivity index (χ0) is 25.7. The van der Waals surface area contributed by atoms with Gasteiger partial charge in [-0.25, -0.2) is 8.42 Å². The molecule has 1 N–H and O–H groups in total. The second-order valence-electron chi connectivity index (χ2n) is 9.14. The number of nitrogens with zero attached hydrogens (tertiary/aromatic N) is 3. The molecule has 0 bridgehead atoms. The number of hydrogen-bond donors (Lipinski definition) is 1. The van der Waals surface area contributed by atoms with Crippen LogP contribution in [0.2, 0.25) is 4.34 Å². The number of carbonyl (C=O) groups is 2. The molecule has 0 aliphatic carbocycles. The molecule has 3 saturated heterocycles. The number of hydrogen-bond acceptors (Lipinski definition) is 8. The highest BCUT2D eigenvalue weighted by Gasteiger charge is 2.41. The minimum absolute atomic E-state index is 0.103. The van der Waals surface area contributed by atoms with Gasteiger partial charge in [-0.05, 0) is 37.5 Å². The smallest absolute Gasteiger partial charge is 0.245 e. The molecule has 0 saturated carbocycles.